The molecule has 14 heavy (non-hydrogen) atoms. The second-order valence-electron chi connectivity index (χ2n) is 3.69. The maximum atomic E-state index is 5.44. The van der Waals surface area contributed by atoms with Crippen LogP contribution in [0.4, 0.5) is 0 Å². The molecule has 2 heteroatoms. The molecular formula is C12H23NO. The summed E-state index contributed by atoms with van der Waals surface area (Å²) in [6.45, 7) is 15.2. The molecule has 0 aromatic rings. The Morgan fingerprint density at radius 2 is 2.07 bits per heavy atom. The first-order valence-corrected chi connectivity index (χ1v) is 5.26. The highest BCUT2D eigenvalue weighted by atomic mass is 16.5. The van der Waals surface area contributed by atoms with Crippen molar-refractivity contribution in [3.63, 3.8) is 0 Å². The molecule has 0 aliphatic carbocycles. The SMILES string of the molecule is C=C(C)CCOCC(=C)CNCCC. The van der Waals surface area contributed by atoms with Crippen molar-refractivity contribution in [3.05, 3.63) is 24.3 Å². The van der Waals surface area contributed by atoms with Crippen LogP contribution in [-0.2, 0) is 4.74 Å². The van der Waals surface area contributed by atoms with Crippen molar-refractivity contribution < 1.29 is 4.74 Å². The fourth-order valence-electron chi connectivity index (χ4n) is 0.956. The number of rotatable bonds is 9. The zero-order valence-electron chi connectivity index (χ0n) is 9.57. The minimum Gasteiger partial charge on any atom is -0.377 e. The normalized spacial score (nSPS) is 10.1. The van der Waals surface area contributed by atoms with Crippen molar-refractivity contribution in [1.29, 1.82) is 0 Å². The highest BCUT2D eigenvalue weighted by Crippen LogP contribution is 1.97. The smallest absolute Gasteiger partial charge is 0.0686 e. The molecular weight excluding hydrogens is 174 g/mol. The summed E-state index contributed by atoms with van der Waals surface area (Å²) in [5.41, 5.74) is 2.28. The van der Waals surface area contributed by atoms with Gasteiger partial charge in [0, 0.05) is 6.54 Å². The van der Waals surface area contributed by atoms with Crippen LogP contribution < -0.4 is 5.32 Å². The standard InChI is InChI=1S/C12H23NO/c1-5-7-13-9-12(4)10-14-8-6-11(2)3/h13H,2,4-10H2,1,3H3. The van der Waals surface area contributed by atoms with E-state index in [-0.39, 0.29) is 0 Å². The van der Waals surface area contributed by atoms with Gasteiger partial charge in [0.1, 0.15) is 0 Å². The lowest BCUT2D eigenvalue weighted by molar-refractivity contribution is 0.158. The fraction of sp³-hybridized carbons (Fsp3) is 0.667. The molecule has 0 rings (SSSR count). The maximum Gasteiger partial charge on any atom is 0.0686 e. The Bertz CT molecular complexity index is 175. The molecule has 0 aliphatic heterocycles. The van der Waals surface area contributed by atoms with E-state index in [1.165, 1.54) is 5.57 Å². The van der Waals surface area contributed by atoms with E-state index in [1.807, 2.05) is 6.92 Å². The van der Waals surface area contributed by atoms with Gasteiger partial charge in [-0.2, -0.15) is 0 Å². The van der Waals surface area contributed by atoms with Gasteiger partial charge in [-0.05, 0) is 31.9 Å². The molecule has 0 atom stereocenters. The lowest BCUT2D eigenvalue weighted by Crippen LogP contribution is -2.19. The molecule has 0 unspecified atom stereocenters. The van der Waals surface area contributed by atoms with Crippen LogP contribution in [0.1, 0.15) is 26.7 Å². The lowest BCUT2D eigenvalue weighted by atomic mass is 10.2. The van der Waals surface area contributed by atoms with E-state index < -0.39 is 0 Å². The minimum atomic E-state index is 0.657. The van der Waals surface area contributed by atoms with Gasteiger partial charge in [-0.15, -0.1) is 6.58 Å². The van der Waals surface area contributed by atoms with E-state index in [2.05, 4.69) is 25.4 Å². The Balaban J connectivity index is 3.22. The molecule has 2 nitrogen and oxygen atoms in total. The van der Waals surface area contributed by atoms with Crippen LogP contribution in [0.3, 0.4) is 0 Å². The van der Waals surface area contributed by atoms with E-state index in [0.717, 1.165) is 38.1 Å². The number of hydrogen-bond acceptors (Lipinski definition) is 2. The molecule has 0 fully saturated rings. The minimum absolute atomic E-state index is 0.657. The van der Waals surface area contributed by atoms with Crippen LogP contribution in [0.25, 0.3) is 0 Å². The number of nitrogens with one attached hydrogen (secondary N) is 1. The van der Waals surface area contributed by atoms with Crippen LogP contribution >= 0.6 is 0 Å². The predicted octanol–water partition coefficient (Wildman–Crippen LogP) is 2.53. The third-order valence-corrected chi connectivity index (χ3v) is 1.78. The summed E-state index contributed by atoms with van der Waals surface area (Å²) in [6.07, 6.45) is 2.10. The topological polar surface area (TPSA) is 21.3 Å². The molecule has 0 spiro atoms. The number of hydrogen-bond donors (Lipinski definition) is 1. The Hall–Kier alpha value is -0.600. The summed E-state index contributed by atoms with van der Waals surface area (Å²) in [6, 6.07) is 0. The third kappa shape index (κ3) is 9.49. The molecule has 0 saturated carbocycles. The van der Waals surface area contributed by atoms with Gasteiger partial charge in [0.2, 0.25) is 0 Å². The molecule has 0 heterocycles. The van der Waals surface area contributed by atoms with Crippen LogP contribution in [0, 0.1) is 0 Å². The van der Waals surface area contributed by atoms with Crippen LogP contribution in [0.15, 0.2) is 24.3 Å². The molecule has 1 N–H and O–H groups in total. The quantitative estimate of drug-likeness (QED) is 0.453. The first-order valence-electron chi connectivity index (χ1n) is 5.26. The van der Waals surface area contributed by atoms with Crippen molar-refractivity contribution in [2.75, 3.05) is 26.3 Å². The first kappa shape index (κ1) is 13.4. The summed E-state index contributed by atoms with van der Waals surface area (Å²) in [7, 11) is 0. The molecule has 0 bridgehead atoms. The second-order valence-corrected chi connectivity index (χ2v) is 3.69. The summed E-state index contributed by atoms with van der Waals surface area (Å²) in [5, 5.41) is 3.29. The second kappa shape index (κ2) is 8.97. The van der Waals surface area contributed by atoms with Crippen molar-refractivity contribution in [2.45, 2.75) is 26.7 Å². The highest BCUT2D eigenvalue weighted by molar-refractivity contribution is 4.97. The lowest BCUT2D eigenvalue weighted by Gasteiger charge is -2.07. The summed E-state index contributed by atoms with van der Waals surface area (Å²) < 4.78 is 5.44. The van der Waals surface area contributed by atoms with Gasteiger partial charge in [0.05, 0.1) is 13.2 Å². The van der Waals surface area contributed by atoms with Gasteiger partial charge in [-0.3, -0.25) is 0 Å². The van der Waals surface area contributed by atoms with Crippen molar-refractivity contribution in [3.8, 4) is 0 Å². The van der Waals surface area contributed by atoms with Crippen molar-refractivity contribution in [1.82, 2.24) is 5.32 Å². The van der Waals surface area contributed by atoms with Crippen molar-refractivity contribution in [2.24, 2.45) is 0 Å². The highest BCUT2D eigenvalue weighted by Gasteiger charge is 1.94. The summed E-state index contributed by atoms with van der Waals surface area (Å²) >= 11 is 0. The van der Waals surface area contributed by atoms with Gasteiger partial charge in [0.25, 0.3) is 0 Å². The van der Waals surface area contributed by atoms with Crippen molar-refractivity contribution >= 4 is 0 Å². The van der Waals surface area contributed by atoms with Gasteiger partial charge in [0.15, 0.2) is 0 Å². The van der Waals surface area contributed by atoms with Gasteiger partial charge in [-0.1, -0.05) is 19.1 Å². The predicted molar refractivity (Wildman–Crippen MR) is 62.6 cm³/mol. The van der Waals surface area contributed by atoms with E-state index in [0.29, 0.717) is 6.61 Å². The fourth-order valence-corrected chi connectivity index (χ4v) is 0.956. The maximum absolute atomic E-state index is 5.44. The average molecular weight is 197 g/mol. The van der Waals surface area contributed by atoms with E-state index >= 15 is 0 Å². The van der Waals surface area contributed by atoms with E-state index in [4.69, 9.17) is 4.74 Å². The molecule has 0 aliphatic rings. The first-order chi connectivity index (χ1) is 6.66. The molecule has 0 amide bonds. The monoisotopic (exact) mass is 197 g/mol. The van der Waals surface area contributed by atoms with Crippen LogP contribution in [0.2, 0.25) is 0 Å². The average Bonchev–Trinajstić information content (AvgIpc) is 2.13. The molecule has 0 aromatic carbocycles. The largest absolute Gasteiger partial charge is 0.377 e. The van der Waals surface area contributed by atoms with Crippen LogP contribution in [0.5, 0.6) is 0 Å². The Kier molecular flexibility index (Phi) is 8.59. The Morgan fingerprint density at radius 1 is 1.36 bits per heavy atom. The number of ether oxygens (including phenoxy) is 1. The van der Waals surface area contributed by atoms with Gasteiger partial charge in [-0.25, -0.2) is 0 Å². The van der Waals surface area contributed by atoms with Gasteiger partial charge < -0.3 is 10.1 Å². The van der Waals surface area contributed by atoms with Crippen LogP contribution in [-0.4, -0.2) is 26.3 Å². The summed E-state index contributed by atoms with van der Waals surface area (Å²) in [5.74, 6) is 0. The zero-order valence-corrected chi connectivity index (χ0v) is 9.57. The Labute approximate surface area is 88.0 Å². The zero-order chi connectivity index (χ0) is 10.8. The molecule has 0 radical (unpaired) electrons. The van der Waals surface area contributed by atoms with E-state index in [9.17, 15) is 0 Å². The molecule has 0 aromatic heterocycles. The third-order valence-electron chi connectivity index (χ3n) is 1.78. The molecule has 0 saturated heterocycles. The summed E-state index contributed by atoms with van der Waals surface area (Å²) in [4.78, 5) is 0. The van der Waals surface area contributed by atoms with E-state index in [1.54, 1.807) is 0 Å². The Morgan fingerprint density at radius 3 is 2.64 bits per heavy atom. The molecule has 82 valence electrons. The van der Waals surface area contributed by atoms with Gasteiger partial charge >= 0.3 is 0 Å².